The number of nitrogens with one attached hydrogen (secondary N) is 2. The summed E-state index contributed by atoms with van der Waals surface area (Å²) in [6.07, 6.45) is 0. The van der Waals surface area contributed by atoms with E-state index in [0.717, 1.165) is 10.0 Å². The van der Waals surface area contributed by atoms with Crippen molar-refractivity contribution in [1.29, 1.82) is 0 Å². The van der Waals surface area contributed by atoms with Gasteiger partial charge in [0.15, 0.2) is 0 Å². The van der Waals surface area contributed by atoms with Crippen molar-refractivity contribution in [2.24, 2.45) is 5.73 Å². The molecule has 0 heterocycles. The van der Waals surface area contributed by atoms with Gasteiger partial charge in [-0.1, -0.05) is 15.9 Å². The van der Waals surface area contributed by atoms with Crippen molar-refractivity contribution in [3.05, 3.63) is 34.1 Å². The smallest absolute Gasteiger partial charge is 0.312 e. The van der Waals surface area contributed by atoms with Crippen molar-refractivity contribution < 1.29 is 9.18 Å². The highest BCUT2D eigenvalue weighted by Crippen LogP contribution is 2.17. The average Bonchev–Trinajstić information content (AvgIpc) is 2.22. The first-order valence-electron chi connectivity index (χ1n) is 4.77. The van der Waals surface area contributed by atoms with E-state index in [1.54, 1.807) is 6.07 Å². The summed E-state index contributed by atoms with van der Waals surface area (Å²) in [5.74, 6) is -0.268. The molecule has 0 aliphatic heterocycles. The summed E-state index contributed by atoms with van der Waals surface area (Å²) in [5, 5.41) is 5.51. The van der Waals surface area contributed by atoms with Gasteiger partial charge in [0.05, 0.1) is 0 Å². The minimum Gasteiger partial charge on any atom is -0.352 e. The molecule has 6 heteroatoms. The molecule has 2 amide bonds. The molecule has 0 atom stereocenters. The highest BCUT2D eigenvalue weighted by atomic mass is 79.9. The van der Waals surface area contributed by atoms with E-state index in [1.807, 2.05) is 0 Å². The van der Waals surface area contributed by atoms with Crippen LogP contribution in [0, 0.1) is 5.82 Å². The summed E-state index contributed by atoms with van der Waals surface area (Å²) >= 11 is 3.33. The molecule has 0 saturated heterocycles. The van der Waals surface area contributed by atoms with E-state index in [0.29, 0.717) is 19.6 Å². The van der Waals surface area contributed by atoms with Gasteiger partial charge in [-0.05, 0) is 23.8 Å². The lowest BCUT2D eigenvalue weighted by Gasteiger charge is -2.07. The predicted octanol–water partition coefficient (Wildman–Crippen LogP) is 1.35. The van der Waals surface area contributed by atoms with E-state index >= 15 is 0 Å². The van der Waals surface area contributed by atoms with Gasteiger partial charge in [0, 0.05) is 24.1 Å². The summed E-state index contributed by atoms with van der Waals surface area (Å²) in [6, 6.07) is 3.96. The van der Waals surface area contributed by atoms with E-state index in [9.17, 15) is 9.18 Å². The zero-order valence-corrected chi connectivity index (χ0v) is 10.2. The summed E-state index contributed by atoms with van der Waals surface area (Å²) in [7, 11) is 0. The van der Waals surface area contributed by atoms with Crippen LogP contribution in [0.2, 0.25) is 0 Å². The molecule has 0 aliphatic rings. The normalized spacial score (nSPS) is 10.1. The van der Waals surface area contributed by atoms with Crippen LogP contribution in [0.4, 0.5) is 9.18 Å². The maximum Gasteiger partial charge on any atom is 0.312 e. The number of hydrogen-bond donors (Lipinski definition) is 3. The number of rotatable bonds is 5. The molecule has 1 aromatic carbocycles. The third-order valence-electron chi connectivity index (χ3n) is 1.92. The Balaban J connectivity index is 2.31. The van der Waals surface area contributed by atoms with E-state index in [1.165, 1.54) is 12.1 Å². The number of urea groups is 1. The fraction of sp³-hybridized carbons (Fsp3) is 0.300. The van der Waals surface area contributed by atoms with Gasteiger partial charge in [0.2, 0.25) is 0 Å². The number of nitrogens with two attached hydrogens (primary N) is 1. The Hall–Kier alpha value is -1.14. The summed E-state index contributed by atoms with van der Waals surface area (Å²) in [5.41, 5.74) is 5.73. The molecule has 0 radical (unpaired) electrons. The van der Waals surface area contributed by atoms with Crippen molar-refractivity contribution >= 4 is 22.0 Å². The van der Waals surface area contributed by atoms with Gasteiger partial charge in [-0.25, -0.2) is 9.18 Å². The fourth-order valence-electron chi connectivity index (χ4n) is 1.18. The number of hydrogen-bond acceptors (Lipinski definition) is 2. The Bertz CT molecular complexity index is 373. The Morgan fingerprint density at radius 2 is 2.19 bits per heavy atom. The Kier molecular flexibility index (Phi) is 5.21. The largest absolute Gasteiger partial charge is 0.352 e. The summed E-state index contributed by atoms with van der Waals surface area (Å²) in [6.45, 7) is 1.55. The molecular weight excluding hydrogens is 277 g/mol. The lowest BCUT2D eigenvalue weighted by molar-refractivity contribution is 0.249. The molecule has 1 aromatic rings. The molecule has 0 unspecified atom stereocenters. The molecule has 0 spiro atoms. The Morgan fingerprint density at radius 3 is 2.88 bits per heavy atom. The number of halogens is 2. The molecule has 0 aromatic heterocycles. The maximum absolute atomic E-state index is 12.9. The van der Waals surface area contributed by atoms with Crippen LogP contribution in [-0.2, 0) is 6.54 Å². The first-order valence-corrected chi connectivity index (χ1v) is 5.57. The lowest BCUT2D eigenvalue weighted by Crippen LogP contribution is -2.35. The minimum absolute atomic E-state index is 0.268. The molecule has 1 rings (SSSR count). The third-order valence-corrected chi connectivity index (χ3v) is 2.70. The van der Waals surface area contributed by atoms with Crippen LogP contribution < -0.4 is 16.4 Å². The van der Waals surface area contributed by atoms with Gasteiger partial charge in [-0.2, -0.15) is 0 Å². The lowest BCUT2D eigenvalue weighted by atomic mass is 10.2. The SMILES string of the molecule is NC(=O)NCCNCc1cc(F)ccc1Br. The minimum atomic E-state index is -0.547. The topological polar surface area (TPSA) is 67.2 Å². The van der Waals surface area contributed by atoms with Gasteiger partial charge in [-0.15, -0.1) is 0 Å². The average molecular weight is 290 g/mol. The van der Waals surface area contributed by atoms with Crippen LogP contribution in [0.3, 0.4) is 0 Å². The predicted molar refractivity (Wildman–Crippen MR) is 63.4 cm³/mol. The van der Waals surface area contributed by atoms with Crippen LogP contribution in [0.1, 0.15) is 5.56 Å². The molecule has 4 nitrogen and oxygen atoms in total. The first-order chi connectivity index (χ1) is 7.59. The number of benzene rings is 1. The van der Waals surface area contributed by atoms with Gasteiger partial charge >= 0.3 is 6.03 Å². The molecular formula is C10H13BrFN3O. The second kappa shape index (κ2) is 6.44. The monoisotopic (exact) mass is 289 g/mol. The van der Waals surface area contributed by atoms with Crippen molar-refractivity contribution in [3.8, 4) is 0 Å². The maximum atomic E-state index is 12.9. The Morgan fingerprint density at radius 1 is 1.44 bits per heavy atom. The molecule has 0 fully saturated rings. The summed E-state index contributed by atoms with van der Waals surface area (Å²) < 4.78 is 13.8. The molecule has 16 heavy (non-hydrogen) atoms. The van der Waals surface area contributed by atoms with Gasteiger partial charge in [-0.3, -0.25) is 0 Å². The van der Waals surface area contributed by atoms with E-state index in [2.05, 4.69) is 26.6 Å². The van der Waals surface area contributed by atoms with E-state index < -0.39 is 6.03 Å². The van der Waals surface area contributed by atoms with Crippen LogP contribution in [-0.4, -0.2) is 19.1 Å². The van der Waals surface area contributed by atoms with E-state index in [4.69, 9.17) is 5.73 Å². The highest BCUT2D eigenvalue weighted by molar-refractivity contribution is 9.10. The molecule has 0 bridgehead atoms. The van der Waals surface area contributed by atoms with Gasteiger partial charge < -0.3 is 16.4 Å². The second-order valence-electron chi connectivity index (χ2n) is 3.20. The zero-order chi connectivity index (χ0) is 12.0. The number of amides is 2. The second-order valence-corrected chi connectivity index (χ2v) is 4.06. The number of primary amides is 1. The van der Waals surface area contributed by atoms with Crippen LogP contribution >= 0.6 is 15.9 Å². The molecule has 88 valence electrons. The molecule has 0 aliphatic carbocycles. The molecule has 0 saturated carbocycles. The quantitative estimate of drug-likeness (QED) is 0.716. The fourth-order valence-corrected chi connectivity index (χ4v) is 1.56. The molecule has 4 N–H and O–H groups in total. The third kappa shape index (κ3) is 4.59. The zero-order valence-electron chi connectivity index (χ0n) is 8.59. The van der Waals surface area contributed by atoms with Crippen molar-refractivity contribution in [1.82, 2.24) is 10.6 Å². The number of carbonyl (C=O) groups is 1. The van der Waals surface area contributed by atoms with Crippen LogP contribution in [0.5, 0.6) is 0 Å². The number of carbonyl (C=O) groups excluding carboxylic acids is 1. The van der Waals surface area contributed by atoms with Crippen molar-refractivity contribution in [2.45, 2.75) is 6.54 Å². The van der Waals surface area contributed by atoms with Crippen molar-refractivity contribution in [2.75, 3.05) is 13.1 Å². The van der Waals surface area contributed by atoms with Gasteiger partial charge in [0.25, 0.3) is 0 Å². The van der Waals surface area contributed by atoms with E-state index in [-0.39, 0.29) is 5.82 Å². The highest BCUT2D eigenvalue weighted by Gasteiger charge is 2.01. The van der Waals surface area contributed by atoms with Crippen LogP contribution in [0.15, 0.2) is 22.7 Å². The van der Waals surface area contributed by atoms with Crippen molar-refractivity contribution in [3.63, 3.8) is 0 Å². The standard InChI is InChI=1S/C10H13BrFN3O/c11-9-2-1-8(12)5-7(9)6-14-3-4-15-10(13)16/h1-2,5,14H,3-4,6H2,(H3,13,15,16). The van der Waals surface area contributed by atoms with Gasteiger partial charge in [0.1, 0.15) is 5.82 Å². The Labute approximate surface area is 102 Å². The van der Waals surface area contributed by atoms with Crippen LogP contribution in [0.25, 0.3) is 0 Å². The summed E-state index contributed by atoms with van der Waals surface area (Å²) in [4.78, 5) is 10.4. The first kappa shape index (κ1) is 12.9.